The second kappa shape index (κ2) is 13.2. The van der Waals surface area contributed by atoms with Crippen LogP contribution in [-0.4, -0.2) is 35.7 Å². The van der Waals surface area contributed by atoms with Crippen LogP contribution in [0.3, 0.4) is 0 Å². The smallest absolute Gasteiger partial charge is 0.331 e. The molecule has 2 aromatic carbocycles. The molecular weight excluding hydrogens is 547 g/mol. The summed E-state index contributed by atoms with van der Waals surface area (Å²) in [5.41, 5.74) is 3.02. The number of hydrogen-bond acceptors (Lipinski definition) is 6. The van der Waals surface area contributed by atoms with E-state index >= 15 is 0 Å². The van der Waals surface area contributed by atoms with Gasteiger partial charge in [0.25, 0.3) is 5.91 Å². The molecule has 0 spiro atoms. The summed E-state index contributed by atoms with van der Waals surface area (Å²) in [6.45, 7) is 8.30. The molecule has 0 aliphatic rings. The number of ether oxygens (including phenoxy) is 2. The number of carboxylic acids is 1. The van der Waals surface area contributed by atoms with E-state index in [0.29, 0.717) is 34.7 Å². The number of anilines is 1. The number of benzene rings is 2. The van der Waals surface area contributed by atoms with Crippen LogP contribution in [-0.2, 0) is 9.53 Å². The molecule has 0 bridgehead atoms. The first kappa shape index (κ1) is 29.6. The number of aromatic nitrogens is 1. The topological polar surface area (TPSA) is 97.8 Å². The Balaban J connectivity index is 1.87. The lowest BCUT2D eigenvalue weighted by atomic mass is 9.96. The molecule has 38 heavy (non-hydrogen) atoms. The van der Waals surface area contributed by atoms with Crippen molar-refractivity contribution < 1.29 is 24.2 Å². The van der Waals surface area contributed by atoms with Crippen LogP contribution in [0.4, 0.5) is 5.13 Å². The van der Waals surface area contributed by atoms with Gasteiger partial charge in [-0.15, -0.1) is 11.3 Å². The zero-order valence-corrected chi connectivity index (χ0v) is 24.1. The van der Waals surface area contributed by atoms with E-state index in [-0.39, 0.29) is 27.3 Å². The van der Waals surface area contributed by atoms with Gasteiger partial charge in [-0.2, -0.15) is 0 Å². The van der Waals surface area contributed by atoms with Crippen molar-refractivity contribution in [1.82, 2.24) is 4.98 Å². The Morgan fingerprint density at radius 2 is 1.89 bits per heavy atom. The average molecular weight is 578 g/mol. The first-order valence-electron chi connectivity index (χ1n) is 12.0. The van der Waals surface area contributed by atoms with Crippen molar-refractivity contribution in [1.29, 1.82) is 0 Å². The molecule has 10 heteroatoms. The van der Waals surface area contributed by atoms with Gasteiger partial charge in [-0.1, -0.05) is 49.2 Å². The number of carbonyl (C=O) groups is 2. The van der Waals surface area contributed by atoms with Crippen LogP contribution in [0.5, 0.6) is 5.75 Å². The molecule has 2 N–H and O–H groups in total. The lowest BCUT2D eigenvalue weighted by Gasteiger charge is -2.23. The largest absolute Gasteiger partial charge is 0.496 e. The maximum absolute atomic E-state index is 12.9. The Kier molecular flexibility index (Phi) is 10.3. The number of methoxy groups -OCH3 is 1. The van der Waals surface area contributed by atoms with E-state index in [4.69, 9.17) is 37.8 Å². The normalized spacial score (nSPS) is 12.5. The predicted octanol–water partition coefficient (Wildman–Crippen LogP) is 7.99. The number of rotatable bonds is 11. The molecule has 0 saturated heterocycles. The van der Waals surface area contributed by atoms with Gasteiger partial charge in [0, 0.05) is 39.8 Å². The highest BCUT2D eigenvalue weighted by Crippen LogP contribution is 2.40. The zero-order chi connectivity index (χ0) is 28.0. The molecule has 1 atom stereocenters. The molecule has 3 aromatic rings. The Hall–Kier alpha value is -2.91. The minimum atomic E-state index is -1.09. The fourth-order valence-electron chi connectivity index (χ4n) is 3.91. The minimum Gasteiger partial charge on any atom is -0.496 e. The molecule has 0 aliphatic carbocycles. The molecule has 1 unspecified atom stereocenters. The van der Waals surface area contributed by atoms with Crippen LogP contribution < -0.4 is 10.1 Å². The number of aliphatic carboxylic acids is 1. The van der Waals surface area contributed by atoms with E-state index in [1.54, 1.807) is 7.11 Å². The molecular formula is C28H30Cl2N2O5S. The van der Waals surface area contributed by atoms with Crippen molar-refractivity contribution >= 4 is 57.6 Å². The minimum absolute atomic E-state index is 0.0672. The Morgan fingerprint density at radius 3 is 2.47 bits per heavy atom. The summed E-state index contributed by atoms with van der Waals surface area (Å²) in [5, 5.41) is 14.4. The third-order valence-corrected chi connectivity index (χ3v) is 7.07. The molecule has 0 radical (unpaired) electrons. The monoisotopic (exact) mass is 576 g/mol. The summed E-state index contributed by atoms with van der Waals surface area (Å²) >= 11 is 13.9. The molecule has 202 valence electrons. The Bertz CT molecular complexity index is 1330. The van der Waals surface area contributed by atoms with Crippen LogP contribution in [0.15, 0.2) is 41.3 Å². The molecule has 1 aromatic heterocycles. The third-order valence-electron chi connectivity index (χ3n) is 5.69. The van der Waals surface area contributed by atoms with Crippen molar-refractivity contribution in [3.8, 4) is 17.0 Å². The fraction of sp³-hybridized carbons (Fsp3) is 0.321. The van der Waals surface area contributed by atoms with Crippen molar-refractivity contribution in [2.75, 3.05) is 19.0 Å². The van der Waals surface area contributed by atoms with Crippen molar-refractivity contribution in [2.45, 2.75) is 40.2 Å². The number of para-hydroxylation sites is 1. The van der Waals surface area contributed by atoms with Gasteiger partial charge in [-0.05, 0) is 50.5 Å². The van der Waals surface area contributed by atoms with Crippen LogP contribution in [0.25, 0.3) is 17.3 Å². The average Bonchev–Trinajstić information content (AvgIpc) is 3.33. The zero-order valence-electron chi connectivity index (χ0n) is 21.8. The number of carbonyl (C=O) groups excluding carboxylic acids is 1. The Labute approximate surface area is 236 Å². The van der Waals surface area contributed by atoms with Gasteiger partial charge in [0.1, 0.15) is 5.75 Å². The second-order valence-electron chi connectivity index (χ2n) is 8.98. The van der Waals surface area contributed by atoms with Crippen LogP contribution >= 0.6 is 34.5 Å². The highest BCUT2D eigenvalue weighted by atomic mass is 35.5. The summed E-state index contributed by atoms with van der Waals surface area (Å²) in [4.78, 5) is 28.7. The summed E-state index contributed by atoms with van der Waals surface area (Å²) in [7, 11) is 1.63. The van der Waals surface area contributed by atoms with Crippen molar-refractivity contribution in [3.63, 3.8) is 0 Å². The van der Waals surface area contributed by atoms with E-state index in [0.717, 1.165) is 17.5 Å². The third kappa shape index (κ3) is 7.14. The van der Waals surface area contributed by atoms with Gasteiger partial charge in [0.15, 0.2) is 5.13 Å². The highest BCUT2D eigenvalue weighted by Gasteiger charge is 2.22. The second-order valence-corrected chi connectivity index (χ2v) is 10.7. The highest BCUT2D eigenvalue weighted by molar-refractivity contribution is 7.14. The molecule has 0 aliphatic heterocycles. The molecule has 0 fully saturated rings. The fourth-order valence-corrected chi connectivity index (χ4v) is 5.21. The maximum atomic E-state index is 12.9. The molecule has 1 heterocycles. The number of nitrogens with zero attached hydrogens (tertiary/aromatic N) is 1. The maximum Gasteiger partial charge on any atom is 0.331 e. The molecule has 1 amide bonds. The SMILES string of the molecule is CCOC(CC(C)C)c1cccc(-c2csc(NC(=O)c3cc(Cl)c(/C=C(\C)C(=O)O)c(Cl)c3)n2)c1OC. The summed E-state index contributed by atoms with van der Waals surface area (Å²) in [6.07, 6.45) is 2.10. The van der Waals surface area contributed by atoms with Crippen LogP contribution in [0, 0.1) is 5.92 Å². The van der Waals surface area contributed by atoms with Crippen molar-refractivity contribution in [2.24, 2.45) is 5.92 Å². The standard InChI is InChI=1S/C28H30Cl2N2O5S/c1-6-37-24(10-15(2)3)19-9-7-8-18(25(19)36-5)23-14-38-28(31-23)32-26(33)17-12-21(29)20(22(30)13-17)11-16(4)27(34)35/h7-9,11-15,24H,6,10H2,1-5H3,(H,34,35)(H,31,32,33)/b16-11+. The Morgan fingerprint density at radius 1 is 1.21 bits per heavy atom. The van der Waals surface area contributed by atoms with Gasteiger partial charge in [0.2, 0.25) is 0 Å². The van der Waals surface area contributed by atoms with E-state index in [1.165, 1.54) is 36.5 Å². The first-order chi connectivity index (χ1) is 18.0. The lowest BCUT2D eigenvalue weighted by molar-refractivity contribution is -0.132. The lowest BCUT2D eigenvalue weighted by Crippen LogP contribution is -2.12. The number of nitrogens with one attached hydrogen (secondary N) is 1. The van der Waals surface area contributed by atoms with Crippen molar-refractivity contribution in [3.05, 3.63) is 68.0 Å². The van der Waals surface area contributed by atoms with Crippen LogP contribution in [0.2, 0.25) is 10.0 Å². The van der Waals surface area contributed by atoms with E-state index in [1.807, 2.05) is 30.5 Å². The molecule has 0 saturated carbocycles. The number of carboxylic acid groups (broad SMARTS) is 1. The number of amides is 1. The number of halogens is 2. The quantitative estimate of drug-likeness (QED) is 0.224. The number of thiazole rings is 1. The summed E-state index contributed by atoms with van der Waals surface area (Å²) in [5.74, 6) is -0.411. The van der Waals surface area contributed by atoms with Gasteiger partial charge < -0.3 is 14.6 Å². The number of hydrogen-bond donors (Lipinski definition) is 2. The van der Waals surface area contributed by atoms with E-state index in [2.05, 4.69) is 24.1 Å². The van der Waals surface area contributed by atoms with Gasteiger partial charge >= 0.3 is 5.97 Å². The van der Waals surface area contributed by atoms with Crippen LogP contribution in [0.1, 0.15) is 61.7 Å². The predicted molar refractivity (Wildman–Crippen MR) is 154 cm³/mol. The van der Waals surface area contributed by atoms with E-state index < -0.39 is 11.9 Å². The molecule has 3 rings (SSSR count). The van der Waals surface area contributed by atoms with Gasteiger partial charge in [0.05, 0.1) is 29.0 Å². The summed E-state index contributed by atoms with van der Waals surface area (Å²) in [6, 6.07) is 8.75. The first-order valence-corrected chi connectivity index (χ1v) is 13.7. The van der Waals surface area contributed by atoms with Gasteiger partial charge in [-0.25, -0.2) is 9.78 Å². The summed E-state index contributed by atoms with van der Waals surface area (Å²) < 4.78 is 11.8. The van der Waals surface area contributed by atoms with E-state index in [9.17, 15) is 9.59 Å². The van der Waals surface area contributed by atoms with Gasteiger partial charge in [-0.3, -0.25) is 10.1 Å². The molecule has 7 nitrogen and oxygen atoms in total.